The molecule has 0 spiro atoms. The van der Waals surface area contributed by atoms with Crippen LogP contribution in [0.25, 0.3) is 0 Å². The lowest BCUT2D eigenvalue weighted by atomic mass is 10.1. The Balaban J connectivity index is 3.09. The van der Waals surface area contributed by atoms with Gasteiger partial charge in [0.25, 0.3) is 0 Å². The number of esters is 1. The molecule has 1 aromatic carbocycles. The maximum absolute atomic E-state index is 12.3. The molecule has 0 aromatic heterocycles. The average Bonchev–Trinajstić information content (AvgIpc) is 2.30. The number of nitriles is 1. The van der Waals surface area contributed by atoms with E-state index in [-0.39, 0.29) is 35.2 Å². The first kappa shape index (κ1) is 17.1. The lowest BCUT2D eigenvalue weighted by molar-refractivity contribution is -0.142. The molecule has 1 rings (SSSR count). The van der Waals surface area contributed by atoms with Gasteiger partial charge in [0.2, 0.25) is 0 Å². The number of hydrogen-bond donors (Lipinski definition) is 0. The summed E-state index contributed by atoms with van der Waals surface area (Å²) >= 11 is 1.52. The zero-order chi connectivity index (χ0) is 15.3. The number of hydrogen-bond acceptors (Lipinski definition) is 4. The largest absolute Gasteiger partial charge is 0.466 e. The molecule has 3 nitrogen and oxygen atoms in total. The summed E-state index contributed by atoms with van der Waals surface area (Å²) in [6.45, 7) is 1.86. The van der Waals surface area contributed by atoms with Crippen molar-refractivity contribution < 1.29 is 22.7 Å². The van der Waals surface area contributed by atoms with E-state index in [2.05, 4.69) is 0 Å². The molecule has 1 aromatic rings. The molecule has 0 amide bonds. The van der Waals surface area contributed by atoms with Gasteiger partial charge in [0, 0.05) is 8.47 Å². The summed E-state index contributed by atoms with van der Waals surface area (Å²) in [4.78, 5) is 11.3. The topological polar surface area (TPSA) is 50.1 Å². The van der Waals surface area contributed by atoms with Gasteiger partial charge >= 0.3 is 11.5 Å². The summed E-state index contributed by atoms with van der Waals surface area (Å²) in [5.41, 5.74) is -3.98. The maximum atomic E-state index is 12.3. The zero-order valence-corrected chi connectivity index (χ0v) is 13.2. The zero-order valence-electron chi connectivity index (χ0n) is 10.3. The van der Waals surface area contributed by atoms with Gasteiger partial charge in [-0.1, -0.05) is 0 Å². The number of carbonyl (C=O) groups is 1. The molecule has 0 aliphatic heterocycles. The summed E-state index contributed by atoms with van der Waals surface area (Å²) in [6, 6.07) is 4.25. The second kappa shape index (κ2) is 7.17. The van der Waals surface area contributed by atoms with Crippen molar-refractivity contribution >= 4 is 40.3 Å². The lowest BCUT2D eigenvalue weighted by Crippen LogP contribution is -2.10. The molecular formula is C12H9F3INO2S. The van der Waals surface area contributed by atoms with Crippen molar-refractivity contribution in [3.05, 3.63) is 26.8 Å². The van der Waals surface area contributed by atoms with Gasteiger partial charge in [-0.3, -0.25) is 4.79 Å². The monoisotopic (exact) mass is 415 g/mol. The van der Waals surface area contributed by atoms with E-state index in [1.54, 1.807) is 6.92 Å². The fraction of sp³-hybridized carbons (Fsp3) is 0.333. The first-order valence-electron chi connectivity index (χ1n) is 5.40. The summed E-state index contributed by atoms with van der Waals surface area (Å²) in [5, 5.41) is 9.01. The summed E-state index contributed by atoms with van der Waals surface area (Å²) in [5.74, 6) is -0.516. The maximum Gasteiger partial charge on any atom is 0.446 e. The van der Waals surface area contributed by atoms with Crippen LogP contribution in [0.2, 0.25) is 0 Å². The van der Waals surface area contributed by atoms with Gasteiger partial charge in [-0.25, -0.2) is 0 Å². The predicted octanol–water partition coefficient (Wildman–Crippen LogP) is 3.88. The van der Waals surface area contributed by atoms with Gasteiger partial charge in [0.05, 0.1) is 24.7 Å². The van der Waals surface area contributed by atoms with Crippen molar-refractivity contribution in [1.82, 2.24) is 0 Å². The first-order valence-corrected chi connectivity index (χ1v) is 7.30. The fourth-order valence-electron chi connectivity index (χ4n) is 1.44. The Morgan fingerprint density at radius 1 is 1.50 bits per heavy atom. The van der Waals surface area contributed by atoms with E-state index in [1.807, 2.05) is 28.7 Å². The Kier molecular flexibility index (Phi) is 6.13. The number of ether oxygens (including phenoxy) is 1. The molecule has 0 atom stereocenters. The molecule has 0 aliphatic carbocycles. The first-order chi connectivity index (χ1) is 9.26. The molecule has 0 radical (unpaired) electrons. The molecule has 0 N–H and O–H groups in total. The Hall–Kier alpha value is -0.950. The second-order valence-corrected chi connectivity index (χ2v) is 5.87. The highest BCUT2D eigenvalue weighted by atomic mass is 127. The second-order valence-electron chi connectivity index (χ2n) is 3.57. The van der Waals surface area contributed by atoms with Gasteiger partial charge in [-0.15, -0.1) is 0 Å². The number of benzene rings is 1. The van der Waals surface area contributed by atoms with Gasteiger partial charge in [0.1, 0.15) is 0 Å². The quantitative estimate of drug-likeness (QED) is 0.426. The third-order valence-corrected chi connectivity index (χ3v) is 3.81. The molecule has 0 aliphatic rings. The Morgan fingerprint density at radius 2 is 2.15 bits per heavy atom. The van der Waals surface area contributed by atoms with Gasteiger partial charge in [-0.05, 0) is 59.0 Å². The molecule has 8 heteroatoms. The third-order valence-electron chi connectivity index (χ3n) is 2.15. The van der Waals surface area contributed by atoms with Crippen LogP contribution in [0.3, 0.4) is 0 Å². The van der Waals surface area contributed by atoms with Crippen LogP contribution in [0, 0.1) is 14.9 Å². The highest BCUT2D eigenvalue weighted by molar-refractivity contribution is 14.1. The molecule has 0 fully saturated rings. The highest BCUT2D eigenvalue weighted by Crippen LogP contribution is 2.38. The standard InChI is InChI=1S/C12H9F3INO2S/c1-2-19-11(18)5-9-7(6-17)3-8(4-10(9)16)20-12(13,14)15/h3-4H,2,5H2,1H3. The molecule has 0 saturated heterocycles. The third kappa shape index (κ3) is 5.20. The summed E-state index contributed by atoms with van der Waals surface area (Å²) in [7, 11) is 0. The van der Waals surface area contributed by atoms with E-state index >= 15 is 0 Å². The van der Waals surface area contributed by atoms with Crippen LogP contribution >= 0.6 is 34.4 Å². The van der Waals surface area contributed by atoms with Crippen molar-refractivity contribution in [2.75, 3.05) is 6.61 Å². The van der Waals surface area contributed by atoms with Crippen LogP contribution in [0.4, 0.5) is 13.2 Å². The molecule has 108 valence electrons. The number of thioether (sulfide) groups is 1. The Morgan fingerprint density at radius 3 is 2.65 bits per heavy atom. The van der Waals surface area contributed by atoms with E-state index < -0.39 is 11.5 Å². The predicted molar refractivity (Wildman–Crippen MR) is 76.1 cm³/mol. The summed E-state index contributed by atoms with van der Waals surface area (Å²) < 4.78 is 42.2. The van der Waals surface area contributed by atoms with Crippen molar-refractivity contribution in [2.45, 2.75) is 23.7 Å². The minimum atomic E-state index is -4.42. The number of alkyl halides is 3. The van der Waals surface area contributed by atoms with Crippen molar-refractivity contribution in [3.8, 4) is 6.07 Å². The molecule has 0 bridgehead atoms. The van der Waals surface area contributed by atoms with Crippen LogP contribution in [-0.2, 0) is 16.0 Å². The van der Waals surface area contributed by atoms with Crippen LogP contribution < -0.4 is 0 Å². The van der Waals surface area contributed by atoms with Crippen LogP contribution in [0.1, 0.15) is 18.1 Å². The molecule has 0 heterocycles. The fourth-order valence-corrected chi connectivity index (χ4v) is 3.09. The van der Waals surface area contributed by atoms with Crippen LogP contribution in [0.5, 0.6) is 0 Å². The SMILES string of the molecule is CCOC(=O)Cc1c(I)cc(SC(F)(F)F)cc1C#N. The minimum Gasteiger partial charge on any atom is -0.466 e. The number of carbonyl (C=O) groups excluding carboxylic acids is 1. The van der Waals surface area contributed by atoms with Crippen molar-refractivity contribution in [1.29, 1.82) is 5.26 Å². The molecular weight excluding hydrogens is 406 g/mol. The van der Waals surface area contributed by atoms with E-state index in [0.29, 0.717) is 9.13 Å². The number of halogens is 4. The lowest BCUT2D eigenvalue weighted by Gasteiger charge is -2.11. The van der Waals surface area contributed by atoms with Gasteiger partial charge < -0.3 is 4.74 Å². The van der Waals surface area contributed by atoms with E-state index in [1.165, 1.54) is 6.07 Å². The average molecular weight is 415 g/mol. The van der Waals surface area contributed by atoms with Gasteiger partial charge in [0.15, 0.2) is 0 Å². The molecule has 0 saturated carbocycles. The Bertz CT molecular complexity index is 555. The number of nitrogens with zero attached hydrogens (tertiary/aromatic N) is 1. The Labute approximate surface area is 131 Å². The normalized spacial score (nSPS) is 11.0. The smallest absolute Gasteiger partial charge is 0.446 e. The summed E-state index contributed by atoms with van der Waals surface area (Å²) in [6.07, 6.45) is -0.133. The van der Waals surface area contributed by atoms with Crippen molar-refractivity contribution in [3.63, 3.8) is 0 Å². The van der Waals surface area contributed by atoms with E-state index in [4.69, 9.17) is 10.00 Å². The molecule has 0 unspecified atom stereocenters. The molecule has 20 heavy (non-hydrogen) atoms. The number of rotatable bonds is 4. The van der Waals surface area contributed by atoms with Crippen molar-refractivity contribution in [2.24, 2.45) is 0 Å². The van der Waals surface area contributed by atoms with Gasteiger partial charge in [-0.2, -0.15) is 18.4 Å². The van der Waals surface area contributed by atoms with Crippen LogP contribution in [0.15, 0.2) is 17.0 Å². The van der Waals surface area contributed by atoms with E-state index in [0.717, 1.165) is 6.07 Å². The van der Waals surface area contributed by atoms with E-state index in [9.17, 15) is 18.0 Å². The van der Waals surface area contributed by atoms with Crippen LogP contribution in [-0.4, -0.2) is 18.1 Å². The minimum absolute atomic E-state index is 0.0525. The highest BCUT2D eigenvalue weighted by Gasteiger charge is 2.30.